The van der Waals surface area contributed by atoms with Crippen molar-refractivity contribution in [2.24, 2.45) is 5.92 Å². The van der Waals surface area contributed by atoms with Crippen molar-refractivity contribution in [2.45, 2.75) is 20.4 Å². The molecule has 0 saturated heterocycles. The van der Waals surface area contributed by atoms with Gasteiger partial charge in [-0.2, -0.15) is 0 Å². The molecule has 0 unspecified atom stereocenters. The van der Waals surface area contributed by atoms with Crippen molar-refractivity contribution in [3.8, 4) is 0 Å². The summed E-state index contributed by atoms with van der Waals surface area (Å²) < 4.78 is 2.27. The molecule has 2 rings (SSSR count). The predicted molar refractivity (Wildman–Crippen MR) is 62.9 cm³/mol. The molecule has 0 saturated carbocycles. The van der Waals surface area contributed by atoms with E-state index in [-0.39, 0.29) is 6.61 Å². The van der Waals surface area contributed by atoms with Gasteiger partial charge in [0.2, 0.25) is 0 Å². The maximum Gasteiger partial charge on any atom is 0.0482 e. The van der Waals surface area contributed by atoms with Gasteiger partial charge in [-0.05, 0) is 30.4 Å². The molecule has 1 heterocycles. The largest absolute Gasteiger partial charge is 0.396 e. The van der Waals surface area contributed by atoms with Crippen molar-refractivity contribution in [1.82, 2.24) is 4.57 Å². The minimum absolute atomic E-state index is 0.242. The van der Waals surface area contributed by atoms with Crippen molar-refractivity contribution in [1.29, 1.82) is 0 Å². The van der Waals surface area contributed by atoms with Crippen LogP contribution in [0.4, 0.5) is 0 Å². The third kappa shape index (κ3) is 1.90. The zero-order chi connectivity index (χ0) is 10.8. The summed E-state index contributed by atoms with van der Waals surface area (Å²) in [6, 6.07) is 10.6. The van der Waals surface area contributed by atoms with E-state index in [1.807, 2.05) is 0 Å². The lowest BCUT2D eigenvalue weighted by atomic mass is 10.2. The minimum atomic E-state index is 0.242. The van der Waals surface area contributed by atoms with E-state index in [0.29, 0.717) is 5.92 Å². The van der Waals surface area contributed by atoms with Crippen LogP contribution in [0.1, 0.15) is 12.6 Å². The van der Waals surface area contributed by atoms with Gasteiger partial charge in [0.15, 0.2) is 0 Å². The lowest BCUT2D eigenvalue weighted by Crippen LogP contribution is -2.11. The van der Waals surface area contributed by atoms with E-state index in [0.717, 1.165) is 6.54 Å². The number of hydrogen-bond donors (Lipinski definition) is 1. The van der Waals surface area contributed by atoms with Gasteiger partial charge in [0, 0.05) is 24.4 Å². The second kappa shape index (κ2) is 4.07. The number of fused-ring (bicyclic) bond motifs is 1. The minimum Gasteiger partial charge on any atom is -0.396 e. The monoisotopic (exact) mass is 203 g/mol. The quantitative estimate of drug-likeness (QED) is 0.815. The molecule has 1 N–H and O–H groups in total. The zero-order valence-electron chi connectivity index (χ0n) is 9.27. The van der Waals surface area contributed by atoms with Gasteiger partial charge >= 0.3 is 0 Å². The van der Waals surface area contributed by atoms with Crippen LogP contribution in [0.15, 0.2) is 30.3 Å². The molecule has 0 aliphatic rings. The number of hydrogen-bond acceptors (Lipinski definition) is 1. The van der Waals surface area contributed by atoms with Crippen molar-refractivity contribution in [2.75, 3.05) is 6.61 Å². The van der Waals surface area contributed by atoms with Gasteiger partial charge in [-0.15, -0.1) is 0 Å². The van der Waals surface area contributed by atoms with E-state index >= 15 is 0 Å². The molecule has 1 aromatic carbocycles. The highest BCUT2D eigenvalue weighted by Crippen LogP contribution is 2.20. The fourth-order valence-electron chi connectivity index (χ4n) is 1.96. The molecule has 0 amide bonds. The standard InChI is InChI=1S/C13H17NO/c1-10(9-15)8-14-11(2)7-12-5-3-4-6-13(12)14/h3-7,10,15H,8-9H2,1-2H3/t10-/m1/s1. The first kappa shape index (κ1) is 10.2. The van der Waals surface area contributed by atoms with E-state index in [4.69, 9.17) is 5.11 Å². The van der Waals surface area contributed by atoms with E-state index in [1.165, 1.54) is 16.6 Å². The number of rotatable bonds is 3. The first-order valence-electron chi connectivity index (χ1n) is 5.38. The molecular formula is C13H17NO. The Morgan fingerprint density at radius 3 is 2.80 bits per heavy atom. The first-order valence-corrected chi connectivity index (χ1v) is 5.38. The van der Waals surface area contributed by atoms with Gasteiger partial charge in [-0.25, -0.2) is 0 Å². The Hall–Kier alpha value is -1.28. The number of nitrogens with zero attached hydrogens (tertiary/aromatic N) is 1. The zero-order valence-corrected chi connectivity index (χ0v) is 9.27. The molecule has 2 heteroatoms. The number of aliphatic hydroxyl groups is 1. The van der Waals surface area contributed by atoms with E-state index in [1.54, 1.807) is 0 Å². The number of aliphatic hydroxyl groups excluding tert-OH is 1. The summed E-state index contributed by atoms with van der Waals surface area (Å²) in [6.07, 6.45) is 0. The highest BCUT2D eigenvalue weighted by molar-refractivity contribution is 5.81. The summed E-state index contributed by atoms with van der Waals surface area (Å²) in [5.74, 6) is 0.305. The molecule has 0 bridgehead atoms. The van der Waals surface area contributed by atoms with Crippen molar-refractivity contribution in [3.63, 3.8) is 0 Å². The molecule has 80 valence electrons. The van der Waals surface area contributed by atoms with Crippen LogP contribution in [0.5, 0.6) is 0 Å². The van der Waals surface area contributed by atoms with E-state index < -0.39 is 0 Å². The normalized spacial score (nSPS) is 13.3. The third-order valence-corrected chi connectivity index (χ3v) is 2.82. The van der Waals surface area contributed by atoms with Gasteiger partial charge in [0.05, 0.1) is 0 Å². The first-order chi connectivity index (χ1) is 7.22. The smallest absolute Gasteiger partial charge is 0.0482 e. The molecular weight excluding hydrogens is 186 g/mol. The molecule has 0 radical (unpaired) electrons. The Labute approximate surface area is 90.2 Å². The van der Waals surface area contributed by atoms with Crippen LogP contribution in [0.3, 0.4) is 0 Å². The Bertz CT molecular complexity index is 459. The maximum atomic E-state index is 9.08. The lowest BCUT2D eigenvalue weighted by Gasteiger charge is -2.12. The number of aromatic nitrogens is 1. The highest BCUT2D eigenvalue weighted by Gasteiger charge is 2.07. The molecule has 0 spiro atoms. The van der Waals surface area contributed by atoms with Crippen LogP contribution in [-0.4, -0.2) is 16.3 Å². The summed E-state index contributed by atoms with van der Waals surface area (Å²) in [5.41, 5.74) is 2.52. The van der Waals surface area contributed by atoms with Crippen LogP contribution >= 0.6 is 0 Å². The SMILES string of the molecule is Cc1cc2ccccc2n1C[C@@H](C)CO. The maximum absolute atomic E-state index is 9.08. The van der Waals surface area contributed by atoms with Gasteiger partial charge < -0.3 is 9.67 Å². The van der Waals surface area contributed by atoms with Crippen molar-refractivity contribution < 1.29 is 5.11 Å². The van der Waals surface area contributed by atoms with Gasteiger partial charge in [-0.1, -0.05) is 25.1 Å². The molecule has 2 aromatic rings. The summed E-state index contributed by atoms with van der Waals surface area (Å²) in [7, 11) is 0. The van der Waals surface area contributed by atoms with Crippen molar-refractivity contribution >= 4 is 10.9 Å². The van der Waals surface area contributed by atoms with Crippen LogP contribution in [0.25, 0.3) is 10.9 Å². The van der Waals surface area contributed by atoms with Gasteiger partial charge in [0.1, 0.15) is 0 Å². The van der Waals surface area contributed by atoms with Crippen LogP contribution < -0.4 is 0 Å². The summed E-state index contributed by atoms with van der Waals surface area (Å²) in [6.45, 7) is 5.31. The summed E-state index contributed by atoms with van der Waals surface area (Å²) in [4.78, 5) is 0. The number of aryl methyl sites for hydroxylation is 1. The molecule has 2 nitrogen and oxygen atoms in total. The molecule has 0 aliphatic heterocycles. The third-order valence-electron chi connectivity index (χ3n) is 2.82. The van der Waals surface area contributed by atoms with Gasteiger partial charge in [-0.3, -0.25) is 0 Å². The Kier molecular flexibility index (Phi) is 2.78. The average molecular weight is 203 g/mol. The van der Waals surface area contributed by atoms with Crippen LogP contribution in [-0.2, 0) is 6.54 Å². The average Bonchev–Trinajstić information content (AvgIpc) is 2.55. The Morgan fingerprint density at radius 1 is 1.33 bits per heavy atom. The van der Waals surface area contributed by atoms with Gasteiger partial charge in [0.25, 0.3) is 0 Å². The predicted octanol–water partition coefficient (Wildman–Crippen LogP) is 2.58. The molecule has 1 aromatic heterocycles. The molecule has 0 fully saturated rings. The summed E-state index contributed by atoms with van der Waals surface area (Å²) in [5, 5.41) is 10.4. The number of benzene rings is 1. The second-order valence-electron chi connectivity index (χ2n) is 4.24. The fraction of sp³-hybridized carbons (Fsp3) is 0.385. The number of para-hydroxylation sites is 1. The van der Waals surface area contributed by atoms with Crippen LogP contribution in [0, 0.1) is 12.8 Å². The fourth-order valence-corrected chi connectivity index (χ4v) is 1.96. The Balaban J connectivity index is 2.45. The summed E-state index contributed by atoms with van der Waals surface area (Å²) >= 11 is 0. The molecule has 15 heavy (non-hydrogen) atoms. The van der Waals surface area contributed by atoms with Crippen molar-refractivity contribution in [3.05, 3.63) is 36.0 Å². The highest BCUT2D eigenvalue weighted by atomic mass is 16.3. The van der Waals surface area contributed by atoms with E-state index in [2.05, 4.69) is 48.7 Å². The van der Waals surface area contributed by atoms with Crippen LogP contribution in [0.2, 0.25) is 0 Å². The lowest BCUT2D eigenvalue weighted by molar-refractivity contribution is 0.223. The van der Waals surface area contributed by atoms with E-state index in [9.17, 15) is 0 Å². The topological polar surface area (TPSA) is 25.2 Å². The molecule has 0 aliphatic carbocycles. The second-order valence-corrected chi connectivity index (χ2v) is 4.24. The Morgan fingerprint density at radius 2 is 2.07 bits per heavy atom. The molecule has 1 atom stereocenters.